The van der Waals surface area contributed by atoms with Crippen LogP contribution in [0.2, 0.25) is 0 Å². The standard InChI is InChI=1S/C10H17N3O/c11-8-4-1-7(2-5-8)3-6-9(12)10(13)14/h1-2,4-5,7-9H,3,6,11-12H2,(H2,13,14). The summed E-state index contributed by atoms with van der Waals surface area (Å²) < 4.78 is 0. The normalized spacial score (nSPS) is 27.6. The smallest absolute Gasteiger partial charge is 0.234 e. The molecule has 1 atom stereocenters. The van der Waals surface area contributed by atoms with Crippen LogP contribution in [0.3, 0.4) is 0 Å². The Balaban J connectivity index is 2.29. The molecule has 0 fully saturated rings. The van der Waals surface area contributed by atoms with Crippen LogP contribution in [-0.2, 0) is 4.79 Å². The number of carbonyl (C=O) groups excluding carboxylic acids is 1. The largest absolute Gasteiger partial charge is 0.368 e. The third-order valence-electron chi connectivity index (χ3n) is 2.34. The average molecular weight is 195 g/mol. The van der Waals surface area contributed by atoms with Crippen LogP contribution in [0, 0.1) is 5.92 Å². The molecule has 1 unspecified atom stereocenters. The molecule has 0 radical (unpaired) electrons. The van der Waals surface area contributed by atoms with Crippen LogP contribution in [0.15, 0.2) is 24.3 Å². The molecule has 0 bridgehead atoms. The number of allylic oxidation sites excluding steroid dienone is 2. The van der Waals surface area contributed by atoms with Crippen molar-refractivity contribution in [2.24, 2.45) is 23.1 Å². The zero-order valence-corrected chi connectivity index (χ0v) is 8.10. The summed E-state index contributed by atoms with van der Waals surface area (Å²) in [5.41, 5.74) is 16.2. The monoisotopic (exact) mass is 195 g/mol. The highest BCUT2D eigenvalue weighted by Crippen LogP contribution is 2.15. The van der Waals surface area contributed by atoms with E-state index in [-0.39, 0.29) is 6.04 Å². The Hall–Kier alpha value is -1.13. The molecule has 14 heavy (non-hydrogen) atoms. The van der Waals surface area contributed by atoms with Crippen molar-refractivity contribution in [1.82, 2.24) is 0 Å². The van der Waals surface area contributed by atoms with Crippen LogP contribution >= 0.6 is 0 Å². The maximum Gasteiger partial charge on any atom is 0.234 e. The Morgan fingerprint density at radius 2 is 1.86 bits per heavy atom. The number of carbonyl (C=O) groups is 1. The Kier molecular flexibility index (Phi) is 3.85. The first kappa shape index (κ1) is 10.9. The molecule has 1 rings (SSSR count). The van der Waals surface area contributed by atoms with Crippen molar-refractivity contribution < 1.29 is 4.79 Å². The lowest BCUT2D eigenvalue weighted by Crippen LogP contribution is -2.36. The summed E-state index contributed by atoms with van der Waals surface area (Å²) >= 11 is 0. The molecule has 78 valence electrons. The van der Waals surface area contributed by atoms with Crippen LogP contribution in [0.25, 0.3) is 0 Å². The van der Waals surface area contributed by atoms with Crippen molar-refractivity contribution in [3.63, 3.8) is 0 Å². The van der Waals surface area contributed by atoms with E-state index in [1.54, 1.807) is 0 Å². The number of rotatable bonds is 4. The molecule has 0 aliphatic heterocycles. The van der Waals surface area contributed by atoms with Gasteiger partial charge in [-0.1, -0.05) is 24.3 Å². The molecule has 0 saturated carbocycles. The second-order valence-corrected chi connectivity index (χ2v) is 3.60. The molecule has 0 aromatic rings. The maximum atomic E-state index is 10.7. The summed E-state index contributed by atoms with van der Waals surface area (Å²) in [6, 6.07) is -0.511. The fourth-order valence-corrected chi connectivity index (χ4v) is 1.38. The van der Waals surface area contributed by atoms with E-state index in [0.29, 0.717) is 12.3 Å². The molecule has 0 spiro atoms. The molecule has 0 aromatic heterocycles. The highest BCUT2D eigenvalue weighted by Gasteiger charge is 2.12. The van der Waals surface area contributed by atoms with Gasteiger partial charge in [0.2, 0.25) is 5.91 Å². The van der Waals surface area contributed by atoms with Gasteiger partial charge in [0.05, 0.1) is 6.04 Å². The van der Waals surface area contributed by atoms with Crippen LogP contribution in [0.5, 0.6) is 0 Å². The number of hydrogen-bond donors (Lipinski definition) is 3. The van der Waals surface area contributed by atoms with Crippen molar-refractivity contribution >= 4 is 5.91 Å². The molecule has 0 heterocycles. The first-order valence-electron chi connectivity index (χ1n) is 4.76. The first-order chi connectivity index (χ1) is 6.59. The molecular weight excluding hydrogens is 178 g/mol. The number of primary amides is 1. The Labute approximate surface area is 83.8 Å². The van der Waals surface area contributed by atoms with Gasteiger partial charge >= 0.3 is 0 Å². The second-order valence-electron chi connectivity index (χ2n) is 3.60. The second kappa shape index (κ2) is 4.93. The van der Waals surface area contributed by atoms with E-state index in [1.807, 2.05) is 24.3 Å². The minimum absolute atomic E-state index is 0.0241. The van der Waals surface area contributed by atoms with Gasteiger partial charge in [-0.3, -0.25) is 4.79 Å². The summed E-state index contributed by atoms with van der Waals surface area (Å²) in [6.45, 7) is 0. The fourth-order valence-electron chi connectivity index (χ4n) is 1.38. The van der Waals surface area contributed by atoms with Gasteiger partial charge in [0.15, 0.2) is 0 Å². The van der Waals surface area contributed by atoms with Crippen molar-refractivity contribution in [3.8, 4) is 0 Å². The summed E-state index contributed by atoms with van der Waals surface area (Å²) in [7, 11) is 0. The first-order valence-corrected chi connectivity index (χ1v) is 4.76. The van der Waals surface area contributed by atoms with E-state index < -0.39 is 11.9 Å². The number of amides is 1. The van der Waals surface area contributed by atoms with Crippen LogP contribution < -0.4 is 17.2 Å². The minimum Gasteiger partial charge on any atom is -0.368 e. The summed E-state index contributed by atoms with van der Waals surface area (Å²) in [5, 5.41) is 0. The van der Waals surface area contributed by atoms with E-state index in [0.717, 1.165) is 6.42 Å². The van der Waals surface area contributed by atoms with Gasteiger partial charge in [-0.05, 0) is 18.8 Å². The molecule has 6 N–H and O–H groups in total. The van der Waals surface area contributed by atoms with E-state index in [9.17, 15) is 4.79 Å². The van der Waals surface area contributed by atoms with Crippen LogP contribution in [0.1, 0.15) is 12.8 Å². The third-order valence-corrected chi connectivity index (χ3v) is 2.34. The lowest BCUT2D eigenvalue weighted by molar-refractivity contribution is -0.119. The minimum atomic E-state index is -0.535. The van der Waals surface area contributed by atoms with Gasteiger partial charge < -0.3 is 17.2 Å². The van der Waals surface area contributed by atoms with Crippen LogP contribution in [0.4, 0.5) is 0 Å². The summed E-state index contributed by atoms with van der Waals surface area (Å²) in [4.78, 5) is 10.7. The molecule has 1 amide bonds. The van der Waals surface area contributed by atoms with Crippen molar-refractivity contribution in [1.29, 1.82) is 0 Å². The average Bonchev–Trinajstić information content (AvgIpc) is 2.16. The zero-order chi connectivity index (χ0) is 10.6. The highest BCUT2D eigenvalue weighted by molar-refractivity contribution is 5.79. The predicted molar refractivity (Wildman–Crippen MR) is 56.1 cm³/mol. The molecule has 1 aliphatic rings. The van der Waals surface area contributed by atoms with E-state index >= 15 is 0 Å². The van der Waals surface area contributed by atoms with E-state index in [4.69, 9.17) is 17.2 Å². The topological polar surface area (TPSA) is 95.1 Å². The van der Waals surface area contributed by atoms with Gasteiger partial charge in [-0.2, -0.15) is 0 Å². The van der Waals surface area contributed by atoms with Gasteiger partial charge in [0.25, 0.3) is 0 Å². The molecule has 4 nitrogen and oxygen atoms in total. The van der Waals surface area contributed by atoms with Crippen molar-refractivity contribution in [2.75, 3.05) is 0 Å². The Morgan fingerprint density at radius 3 is 2.36 bits per heavy atom. The zero-order valence-electron chi connectivity index (χ0n) is 8.10. The van der Waals surface area contributed by atoms with Crippen LogP contribution in [-0.4, -0.2) is 18.0 Å². The van der Waals surface area contributed by atoms with E-state index in [1.165, 1.54) is 0 Å². The predicted octanol–water partition coefficient (Wildman–Crippen LogP) is -0.351. The van der Waals surface area contributed by atoms with Gasteiger partial charge in [0.1, 0.15) is 0 Å². The Bertz CT molecular complexity index is 246. The number of nitrogens with two attached hydrogens (primary N) is 3. The molecule has 4 heteroatoms. The maximum absolute atomic E-state index is 10.7. The Morgan fingerprint density at radius 1 is 1.29 bits per heavy atom. The fraction of sp³-hybridized carbons (Fsp3) is 0.500. The van der Waals surface area contributed by atoms with Gasteiger partial charge in [-0.25, -0.2) is 0 Å². The highest BCUT2D eigenvalue weighted by atomic mass is 16.1. The van der Waals surface area contributed by atoms with Crippen molar-refractivity contribution in [2.45, 2.75) is 24.9 Å². The molecular formula is C10H17N3O. The third kappa shape index (κ3) is 3.32. The molecule has 0 aromatic carbocycles. The lowest BCUT2D eigenvalue weighted by Gasteiger charge is -2.15. The van der Waals surface area contributed by atoms with E-state index in [2.05, 4.69) is 0 Å². The van der Waals surface area contributed by atoms with Gasteiger partial charge in [0, 0.05) is 6.04 Å². The SMILES string of the molecule is NC(=O)C(N)CCC1C=CC(N)C=C1. The number of hydrogen-bond acceptors (Lipinski definition) is 3. The summed E-state index contributed by atoms with van der Waals surface area (Å²) in [5.74, 6) is -0.106. The molecule has 0 saturated heterocycles. The molecule has 1 aliphatic carbocycles. The van der Waals surface area contributed by atoms with Gasteiger partial charge in [-0.15, -0.1) is 0 Å². The quantitative estimate of drug-likeness (QED) is 0.535. The lowest BCUT2D eigenvalue weighted by atomic mass is 9.94. The van der Waals surface area contributed by atoms with Crippen molar-refractivity contribution in [3.05, 3.63) is 24.3 Å². The summed E-state index contributed by atoms with van der Waals surface area (Å²) in [6.07, 6.45) is 9.42.